The minimum atomic E-state index is -0.0179. The number of halogens is 1. The second-order valence-electron chi connectivity index (χ2n) is 6.84. The van der Waals surface area contributed by atoms with Crippen LogP contribution in [0.5, 0.6) is 17.2 Å². The van der Waals surface area contributed by atoms with Crippen LogP contribution in [-0.4, -0.2) is 57.3 Å². The lowest BCUT2D eigenvalue weighted by Crippen LogP contribution is -2.48. The summed E-state index contributed by atoms with van der Waals surface area (Å²) in [4.78, 5) is 16.7. The van der Waals surface area contributed by atoms with Gasteiger partial charge in [0.25, 0.3) is 0 Å². The molecule has 6 nitrogen and oxygen atoms in total. The first-order chi connectivity index (χ1) is 14.2. The van der Waals surface area contributed by atoms with Gasteiger partial charge in [0.05, 0.1) is 17.8 Å². The zero-order valence-electron chi connectivity index (χ0n) is 16.3. The van der Waals surface area contributed by atoms with Crippen LogP contribution >= 0.6 is 11.6 Å². The van der Waals surface area contributed by atoms with Gasteiger partial charge in [-0.1, -0.05) is 23.7 Å². The van der Waals surface area contributed by atoms with E-state index in [1.165, 1.54) is 0 Å². The largest absolute Gasteiger partial charge is 0.495 e. The van der Waals surface area contributed by atoms with Crippen LogP contribution < -0.4 is 19.1 Å². The number of amides is 1. The van der Waals surface area contributed by atoms with E-state index in [1.807, 2.05) is 35.2 Å². The molecule has 1 fully saturated rings. The summed E-state index contributed by atoms with van der Waals surface area (Å²) >= 11 is 6.26. The molecule has 0 atom stereocenters. The van der Waals surface area contributed by atoms with E-state index in [1.54, 1.807) is 25.3 Å². The molecule has 2 aromatic carbocycles. The molecule has 152 valence electrons. The third kappa shape index (κ3) is 4.27. The predicted molar refractivity (Wildman–Crippen MR) is 113 cm³/mol. The quantitative estimate of drug-likeness (QED) is 0.717. The Balaban J connectivity index is 1.38. The van der Waals surface area contributed by atoms with Crippen LogP contribution in [0.2, 0.25) is 5.02 Å². The number of carbonyl (C=O) groups excluding carboxylic acids is 1. The zero-order valence-corrected chi connectivity index (χ0v) is 17.0. The van der Waals surface area contributed by atoms with Gasteiger partial charge < -0.3 is 24.0 Å². The molecule has 0 spiro atoms. The van der Waals surface area contributed by atoms with E-state index in [0.717, 1.165) is 30.1 Å². The van der Waals surface area contributed by atoms with Crippen LogP contribution in [0.1, 0.15) is 5.56 Å². The Hall–Kier alpha value is -2.86. The summed E-state index contributed by atoms with van der Waals surface area (Å²) in [6.45, 7) is 3.81. The molecule has 0 N–H and O–H groups in total. The molecule has 2 aliphatic heterocycles. The lowest BCUT2D eigenvalue weighted by atomic mass is 10.1. The summed E-state index contributed by atoms with van der Waals surface area (Å²) in [7, 11) is 1.67. The number of fused-ring (bicyclic) bond motifs is 1. The monoisotopic (exact) mass is 414 g/mol. The van der Waals surface area contributed by atoms with Gasteiger partial charge in [-0.2, -0.15) is 0 Å². The number of ether oxygens (including phenoxy) is 3. The molecule has 1 amide bonds. The Kier molecular flexibility index (Phi) is 5.81. The van der Waals surface area contributed by atoms with Gasteiger partial charge >= 0.3 is 0 Å². The Morgan fingerprint density at radius 1 is 1.10 bits per heavy atom. The van der Waals surface area contributed by atoms with Crippen LogP contribution in [0.3, 0.4) is 0 Å². The first-order valence-electron chi connectivity index (χ1n) is 9.60. The molecule has 1 saturated heterocycles. The Bertz CT molecular complexity index is 923. The Morgan fingerprint density at radius 3 is 2.66 bits per heavy atom. The van der Waals surface area contributed by atoms with E-state index < -0.39 is 0 Å². The molecule has 0 radical (unpaired) electrons. The van der Waals surface area contributed by atoms with Crippen molar-refractivity contribution >= 4 is 29.3 Å². The molecule has 0 aromatic heterocycles. The van der Waals surface area contributed by atoms with Crippen molar-refractivity contribution in [3.63, 3.8) is 0 Å². The van der Waals surface area contributed by atoms with Gasteiger partial charge in [0, 0.05) is 32.3 Å². The zero-order chi connectivity index (χ0) is 20.2. The predicted octanol–water partition coefficient (Wildman–Crippen LogP) is 3.48. The highest BCUT2D eigenvalue weighted by Gasteiger charge is 2.22. The third-order valence-electron chi connectivity index (χ3n) is 5.05. The molecule has 4 rings (SSSR count). The fraction of sp³-hybridized carbons (Fsp3) is 0.318. The topological polar surface area (TPSA) is 51.2 Å². The number of hydrogen-bond donors (Lipinski definition) is 0. The van der Waals surface area contributed by atoms with Crippen LogP contribution in [0.15, 0.2) is 42.5 Å². The lowest BCUT2D eigenvalue weighted by Gasteiger charge is -2.36. The van der Waals surface area contributed by atoms with E-state index in [2.05, 4.69) is 4.90 Å². The Labute approximate surface area is 175 Å². The number of nitrogens with zero attached hydrogens (tertiary/aromatic N) is 2. The summed E-state index contributed by atoms with van der Waals surface area (Å²) in [5.41, 5.74) is 1.86. The van der Waals surface area contributed by atoms with Crippen LogP contribution in [0, 0.1) is 0 Å². The molecule has 0 aliphatic carbocycles. The van der Waals surface area contributed by atoms with E-state index in [4.69, 9.17) is 25.8 Å². The summed E-state index contributed by atoms with van der Waals surface area (Å²) < 4.78 is 16.6. The minimum absolute atomic E-state index is 0.0179. The molecule has 2 aliphatic rings. The molecule has 0 unspecified atom stereocenters. The van der Waals surface area contributed by atoms with Gasteiger partial charge in [0.1, 0.15) is 19.0 Å². The maximum atomic E-state index is 12.6. The number of para-hydroxylation sites is 2. The molecule has 0 bridgehead atoms. The molecule has 7 heteroatoms. The first kappa shape index (κ1) is 19.5. The number of rotatable bonds is 4. The molecule has 2 aromatic rings. The van der Waals surface area contributed by atoms with Gasteiger partial charge in [-0.25, -0.2) is 0 Å². The van der Waals surface area contributed by atoms with Crippen molar-refractivity contribution in [2.45, 2.75) is 0 Å². The van der Waals surface area contributed by atoms with E-state index in [9.17, 15) is 4.79 Å². The van der Waals surface area contributed by atoms with Crippen molar-refractivity contribution in [1.82, 2.24) is 4.90 Å². The second kappa shape index (κ2) is 8.66. The fourth-order valence-corrected chi connectivity index (χ4v) is 3.83. The second-order valence-corrected chi connectivity index (χ2v) is 7.25. The number of anilines is 1. The van der Waals surface area contributed by atoms with Gasteiger partial charge in [0.2, 0.25) is 5.91 Å². The average molecular weight is 415 g/mol. The van der Waals surface area contributed by atoms with Gasteiger partial charge in [-0.05, 0) is 35.9 Å². The highest BCUT2D eigenvalue weighted by atomic mass is 35.5. The van der Waals surface area contributed by atoms with Crippen LogP contribution in [-0.2, 0) is 4.79 Å². The number of methoxy groups -OCH3 is 1. The third-order valence-corrected chi connectivity index (χ3v) is 5.34. The van der Waals surface area contributed by atoms with Crippen LogP contribution in [0.4, 0.5) is 5.69 Å². The summed E-state index contributed by atoms with van der Waals surface area (Å²) in [5, 5.41) is 0.486. The van der Waals surface area contributed by atoms with Crippen molar-refractivity contribution in [2.24, 2.45) is 0 Å². The lowest BCUT2D eigenvalue weighted by molar-refractivity contribution is -0.126. The standard InChI is InChI=1S/C22H23ClN2O4/c1-27-19-5-3-2-4-18(19)24-8-10-25(11-9-24)21(26)7-6-16-14-17(23)22-20(15-16)28-12-13-29-22/h2-7,14-15H,8-13H2,1H3/b7-6+. The Morgan fingerprint density at radius 2 is 1.86 bits per heavy atom. The maximum Gasteiger partial charge on any atom is 0.246 e. The van der Waals surface area contributed by atoms with Crippen molar-refractivity contribution in [1.29, 1.82) is 0 Å². The van der Waals surface area contributed by atoms with Gasteiger partial charge in [-0.15, -0.1) is 0 Å². The highest BCUT2D eigenvalue weighted by Crippen LogP contribution is 2.38. The molecule has 29 heavy (non-hydrogen) atoms. The van der Waals surface area contributed by atoms with E-state index >= 15 is 0 Å². The van der Waals surface area contributed by atoms with E-state index in [0.29, 0.717) is 42.8 Å². The smallest absolute Gasteiger partial charge is 0.246 e. The summed E-state index contributed by atoms with van der Waals surface area (Å²) in [6, 6.07) is 11.6. The van der Waals surface area contributed by atoms with Gasteiger partial charge in [-0.3, -0.25) is 4.79 Å². The average Bonchev–Trinajstić information content (AvgIpc) is 2.77. The minimum Gasteiger partial charge on any atom is -0.495 e. The normalized spacial score (nSPS) is 16.2. The molecular weight excluding hydrogens is 392 g/mol. The van der Waals surface area contributed by atoms with Crippen molar-refractivity contribution in [3.8, 4) is 17.2 Å². The van der Waals surface area contributed by atoms with Crippen molar-refractivity contribution in [2.75, 3.05) is 51.4 Å². The number of hydrogen-bond acceptors (Lipinski definition) is 5. The molecule has 2 heterocycles. The fourth-order valence-electron chi connectivity index (χ4n) is 3.56. The summed E-state index contributed by atoms with van der Waals surface area (Å²) in [6.07, 6.45) is 3.35. The molecule has 0 saturated carbocycles. The van der Waals surface area contributed by atoms with Gasteiger partial charge in [0.15, 0.2) is 11.5 Å². The SMILES string of the molecule is COc1ccccc1N1CCN(C(=O)/C=C/c2cc(Cl)c3c(c2)OCCO3)CC1. The number of benzene rings is 2. The van der Waals surface area contributed by atoms with Crippen molar-refractivity contribution in [3.05, 3.63) is 53.1 Å². The van der Waals surface area contributed by atoms with E-state index in [-0.39, 0.29) is 5.91 Å². The molecular formula is C22H23ClN2O4. The summed E-state index contributed by atoms with van der Waals surface area (Å²) in [5.74, 6) is 2.01. The number of carbonyl (C=O) groups is 1. The highest BCUT2D eigenvalue weighted by molar-refractivity contribution is 6.32. The maximum absolute atomic E-state index is 12.6. The van der Waals surface area contributed by atoms with Crippen LogP contribution in [0.25, 0.3) is 6.08 Å². The number of piperazine rings is 1. The van der Waals surface area contributed by atoms with Crippen molar-refractivity contribution < 1.29 is 19.0 Å². The first-order valence-corrected chi connectivity index (χ1v) is 9.97.